The molecule has 18 heavy (non-hydrogen) atoms. The number of anilines is 1. The number of ether oxygens (including phenoxy) is 3. The number of aromatic hydroxyl groups is 1. The summed E-state index contributed by atoms with van der Waals surface area (Å²) in [5.41, 5.74) is 1.93. The van der Waals surface area contributed by atoms with Gasteiger partial charge in [0.1, 0.15) is 0 Å². The molecule has 1 N–H and O–H groups in total. The molecule has 100 valence electrons. The number of rotatable bonds is 3. The summed E-state index contributed by atoms with van der Waals surface area (Å²) in [5, 5.41) is 10.00. The highest BCUT2D eigenvalue weighted by Crippen LogP contribution is 2.44. The summed E-state index contributed by atoms with van der Waals surface area (Å²) >= 11 is 0. The van der Waals surface area contributed by atoms with Crippen molar-refractivity contribution in [3.05, 3.63) is 11.6 Å². The Morgan fingerprint density at radius 2 is 1.89 bits per heavy atom. The van der Waals surface area contributed by atoms with Gasteiger partial charge in [-0.15, -0.1) is 0 Å². The zero-order valence-electron chi connectivity index (χ0n) is 11.0. The molecule has 5 heteroatoms. The van der Waals surface area contributed by atoms with E-state index in [1.54, 1.807) is 7.11 Å². The van der Waals surface area contributed by atoms with Crippen LogP contribution < -0.4 is 14.4 Å². The number of phenolic OH excluding ortho intramolecular Hbond substituents is 1. The topological polar surface area (TPSA) is 51.2 Å². The Morgan fingerprint density at radius 3 is 2.44 bits per heavy atom. The molecule has 0 saturated carbocycles. The summed E-state index contributed by atoms with van der Waals surface area (Å²) in [6, 6.07) is 1.85. The van der Waals surface area contributed by atoms with Crippen LogP contribution in [0.15, 0.2) is 6.07 Å². The summed E-state index contributed by atoms with van der Waals surface area (Å²) in [6.45, 7) is 5.02. The van der Waals surface area contributed by atoms with Crippen LogP contribution in [-0.4, -0.2) is 45.6 Å². The van der Waals surface area contributed by atoms with Crippen LogP contribution in [0.25, 0.3) is 0 Å². The third kappa shape index (κ3) is 2.18. The molecule has 1 aliphatic heterocycles. The van der Waals surface area contributed by atoms with Crippen LogP contribution in [0.1, 0.15) is 5.56 Å². The molecule has 1 saturated heterocycles. The van der Waals surface area contributed by atoms with Gasteiger partial charge in [0.15, 0.2) is 11.5 Å². The Balaban J connectivity index is 2.45. The van der Waals surface area contributed by atoms with Crippen molar-refractivity contribution in [2.75, 3.05) is 45.4 Å². The van der Waals surface area contributed by atoms with E-state index >= 15 is 0 Å². The highest BCUT2D eigenvalue weighted by Gasteiger charge is 2.21. The second-order valence-corrected chi connectivity index (χ2v) is 4.20. The van der Waals surface area contributed by atoms with Crippen LogP contribution in [0.4, 0.5) is 5.69 Å². The second kappa shape index (κ2) is 5.35. The van der Waals surface area contributed by atoms with Crippen molar-refractivity contribution in [2.24, 2.45) is 0 Å². The Labute approximate surface area is 107 Å². The highest BCUT2D eigenvalue weighted by atomic mass is 16.5. The fourth-order valence-electron chi connectivity index (χ4n) is 2.24. The monoisotopic (exact) mass is 253 g/mol. The predicted octanol–water partition coefficient (Wildman–Crippen LogP) is 1.55. The Bertz CT molecular complexity index is 427. The normalized spacial score (nSPS) is 15.6. The molecule has 2 rings (SSSR count). The van der Waals surface area contributed by atoms with E-state index in [4.69, 9.17) is 14.2 Å². The molecule has 1 fully saturated rings. The molecular formula is C13H19NO4. The van der Waals surface area contributed by atoms with Gasteiger partial charge >= 0.3 is 0 Å². The fourth-order valence-corrected chi connectivity index (χ4v) is 2.24. The Morgan fingerprint density at radius 1 is 1.22 bits per heavy atom. The smallest absolute Gasteiger partial charge is 0.201 e. The van der Waals surface area contributed by atoms with Crippen LogP contribution in [0, 0.1) is 6.92 Å². The zero-order chi connectivity index (χ0) is 13.1. The Kier molecular flexibility index (Phi) is 3.81. The number of benzene rings is 1. The SMILES string of the molecule is COc1cc(N2CCOCC2)c(C)c(OC)c1O. The maximum absolute atomic E-state index is 10.00. The molecular weight excluding hydrogens is 234 g/mol. The Hall–Kier alpha value is -1.62. The van der Waals surface area contributed by atoms with Gasteiger partial charge in [0.2, 0.25) is 5.75 Å². The summed E-state index contributed by atoms with van der Waals surface area (Å²) in [6.07, 6.45) is 0. The highest BCUT2D eigenvalue weighted by molar-refractivity contribution is 5.68. The molecule has 0 radical (unpaired) electrons. The van der Waals surface area contributed by atoms with E-state index in [2.05, 4.69) is 4.90 Å². The first-order valence-electron chi connectivity index (χ1n) is 5.96. The number of morpholine rings is 1. The van der Waals surface area contributed by atoms with Crippen molar-refractivity contribution in [2.45, 2.75) is 6.92 Å². The molecule has 1 aromatic rings. The zero-order valence-corrected chi connectivity index (χ0v) is 11.0. The lowest BCUT2D eigenvalue weighted by atomic mass is 10.1. The number of phenols is 1. The summed E-state index contributed by atoms with van der Waals surface area (Å²) in [5.74, 6) is 0.948. The van der Waals surface area contributed by atoms with Gasteiger partial charge in [-0.05, 0) is 6.92 Å². The molecule has 0 aromatic heterocycles. The molecule has 0 amide bonds. The molecule has 1 aromatic carbocycles. The minimum Gasteiger partial charge on any atom is -0.502 e. The van der Waals surface area contributed by atoms with Crippen LogP contribution in [-0.2, 0) is 4.74 Å². The van der Waals surface area contributed by atoms with Gasteiger partial charge in [-0.1, -0.05) is 0 Å². The maximum atomic E-state index is 10.00. The van der Waals surface area contributed by atoms with Gasteiger partial charge in [-0.3, -0.25) is 0 Å². The summed E-state index contributed by atoms with van der Waals surface area (Å²) in [7, 11) is 3.08. The van der Waals surface area contributed by atoms with E-state index in [0.717, 1.165) is 24.3 Å². The van der Waals surface area contributed by atoms with Gasteiger partial charge in [-0.25, -0.2) is 0 Å². The molecule has 0 atom stereocenters. The van der Waals surface area contributed by atoms with Gasteiger partial charge in [0.25, 0.3) is 0 Å². The van der Waals surface area contributed by atoms with Crippen LogP contribution in [0.3, 0.4) is 0 Å². The predicted molar refractivity (Wildman–Crippen MR) is 69.0 cm³/mol. The third-order valence-corrected chi connectivity index (χ3v) is 3.22. The number of hydrogen-bond donors (Lipinski definition) is 1. The van der Waals surface area contributed by atoms with Gasteiger partial charge in [-0.2, -0.15) is 0 Å². The maximum Gasteiger partial charge on any atom is 0.201 e. The van der Waals surface area contributed by atoms with Gasteiger partial charge in [0, 0.05) is 30.4 Å². The van der Waals surface area contributed by atoms with Gasteiger partial charge in [0.05, 0.1) is 27.4 Å². The first-order valence-corrected chi connectivity index (χ1v) is 5.96. The average Bonchev–Trinajstić information content (AvgIpc) is 2.41. The van der Waals surface area contributed by atoms with Crippen LogP contribution in [0.5, 0.6) is 17.2 Å². The first kappa shape index (κ1) is 12.8. The first-order chi connectivity index (χ1) is 8.69. The standard InChI is InChI=1S/C13H19NO4/c1-9-10(14-4-6-18-7-5-14)8-11(16-2)12(15)13(9)17-3/h8,15H,4-7H2,1-3H3. The van der Waals surface area contributed by atoms with E-state index in [-0.39, 0.29) is 5.75 Å². The van der Waals surface area contributed by atoms with Crippen molar-refractivity contribution in [1.82, 2.24) is 0 Å². The average molecular weight is 253 g/mol. The van der Waals surface area contributed by atoms with Crippen molar-refractivity contribution >= 4 is 5.69 Å². The number of hydrogen-bond acceptors (Lipinski definition) is 5. The quantitative estimate of drug-likeness (QED) is 0.885. The van der Waals surface area contributed by atoms with Crippen molar-refractivity contribution in [3.63, 3.8) is 0 Å². The summed E-state index contributed by atoms with van der Waals surface area (Å²) in [4.78, 5) is 2.21. The van der Waals surface area contributed by atoms with E-state index < -0.39 is 0 Å². The minimum atomic E-state index is 0.0505. The van der Waals surface area contributed by atoms with Crippen LogP contribution >= 0.6 is 0 Å². The van der Waals surface area contributed by atoms with Crippen molar-refractivity contribution in [3.8, 4) is 17.2 Å². The molecule has 0 spiro atoms. The molecule has 1 aliphatic rings. The minimum absolute atomic E-state index is 0.0505. The van der Waals surface area contributed by atoms with Crippen molar-refractivity contribution < 1.29 is 19.3 Å². The van der Waals surface area contributed by atoms with E-state index in [9.17, 15) is 5.11 Å². The number of methoxy groups -OCH3 is 2. The molecule has 0 aliphatic carbocycles. The summed E-state index contributed by atoms with van der Waals surface area (Å²) < 4.78 is 15.8. The lowest BCUT2D eigenvalue weighted by molar-refractivity contribution is 0.122. The molecule has 5 nitrogen and oxygen atoms in total. The van der Waals surface area contributed by atoms with E-state index in [0.29, 0.717) is 24.7 Å². The fraction of sp³-hybridized carbons (Fsp3) is 0.538. The van der Waals surface area contributed by atoms with E-state index in [1.807, 2.05) is 13.0 Å². The molecule has 1 heterocycles. The van der Waals surface area contributed by atoms with Crippen LogP contribution in [0.2, 0.25) is 0 Å². The lowest BCUT2D eigenvalue weighted by Crippen LogP contribution is -2.36. The molecule has 0 bridgehead atoms. The molecule has 0 unspecified atom stereocenters. The third-order valence-electron chi connectivity index (χ3n) is 3.22. The largest absolute Gasteiger partial charge is 0.502 e. The van der Waals surface area contributed by atoms with E-state index in [1.165, 1.54) is 7.11 Å². The van der Waals surface area contributed by atoms with Gasteiger partial charge < -0.3 is 24.2 Å². The lowest BCUT2D eigenvalue weighted by Gasteiger charge is -2.31. The van der Waals surface area contributed by atoms with Crippen molar-refractivity contribution in [1.29, 1.82) is 0 Å². The second-order valence-electron chi connectivity index (χ2n) is 4.20. The number of nitrogens with zero attached hydrogens (tertiary/aromatic N) is 1.